The summed E-state index contributed by atoms with van der Waals surface area (Å²) in [6.45, 7) is 2.12. The molecule has 4 rings (SSSR count). The topological polar surface area (TPSA) is 55.2 Å². The van der Waals surface area contributed by atoms with E-state index in [2.05, 4.69) is 4.98 Å². The van der Waals surface area contributed by atoms with Gasteiger partial charge in [-0.15, -0.1) is 0 Å². The first-order chi connectivity index (χ1) is 10.7. The molecule has 2 bridgehead atoms. The Balaban J connectivity index is 1.64. The van der Waals surface area contributed by atoms with Crippen molar-refractivity contribution < 1.29 is 4.79 Å². The standard InChI is InChI=1S/C17H17N3O2/c21-16-3-1-2-15-14-8-12(10-20(15)16)9-19(11-14)17(22)13-4-6-18-7-5-13/h1-7,12,14H,8-11H2/t12-,14+/m1/s1. The average Bonchev–Trinajstić information content (AvgIpc) is 2.56. The number of hydrogen-bond donors (Lipinski definition) is 0. The van der Waals surface area contributed by atoms with Crippen molar-refractivity contribution in [2.45, 2.75) is 18.9 Å². The van der Waals surface area contributed by atoms with Crippen LogP contribution in [0.15, 0.2) is 47.5 Å². The van der Waals surface area contributed by atoms with Crippen LogP contribution < -0.4 is 5.56 Å². The van der Waals surface area contributed by atoms with Crippen molar-refractivity contribution in [3.05, 3.63) is 64.3 Å². The van der Waals surface area contributed by atoms with Crippen molar-refractivity contribution >= 4 is 5.91 Å². The lowest BCUT2D eigenvalue weighted by molar-refractivity contribution is 0.0594. The van der Waals surface area contributed by atoms with E-state index in [4.69, 9.17) is 0 Å². The van der Waals surface area contributed by atoms with Crippen LogP contribution in [0.4, 0.5) is 0 Å². The monoisotopic (exact) mass is 295 g/mol. The Hall–Kier alpha value is -2.43. The fraction of sp³-hybridized carbons (Fsp3) is 0.353. The fourth-order valence-electron chi connectivity index (χ4n) is 3.74. The molecular formula is C17H17N3O2. The molecule has 0 saturated carbocycles. The lowest BCUT2D eigenvalue weighted by Crippen LogP contribution is -2.49. The third-order valence-corrected chi connectivity index (χ3v) is 4.69. The molecule has 112 valence electrons. The molecule has 0 N–H and O–H groups in total. The van der Waals surface area contributed by atoms with Crippen LogP contribution >= 0.6 is 0 Å². The van der Waals surface area contributed by atoms with Crippen molar-refractivity contribution in [2.24, 2.45) is 5.92 Å². The minimum Gasteiger partial charge on any atom is -0.338 e. The number of pyridine rings is 2. The summed E-state index contributed by atoms with van der Waals surface area (Å²) >= 11 is 0. The van der Waals surface area contributed by atoms with E-state index in [9.17, 15) is 9.59 Å². The zero-order valence-corrected chi connectivity index (χ0v) is 12.2. The third-order valence-electron chi connectivity index (χ3n) is 4.69. The predicted octanol–water partition coefficient (Wildman–Crippen LogP) is 1.50. The van der Waals surface area contributed by atoms with Gasteiger partial charge in [-0.1, -0.05) is 6.07 Å². The second-order valence-electron chi connectivity index (χ2n) is 6.14. The summed E-state index contributed by atoms with van der Waals surface area (Å²) in [4.78, 5) is 30.5. The summed E-state index contributed by atoms with van der Waals surface area (Å²) in [7, 11) is 0. The maximum atomic E-state index is 12.6. The maximum Gasteiger partial charge on any atom is 0.253 e. The molecule has 2 atom stereocenters. The van der Waals surface area contributed by atoms with E-state index >= 15 is 0 Å². The zero-order chi connectivity index (χ0) is 15.1. The summed E-state index contributed by atoms with van der Waals surface area (Å²) in [5, 5.41) is 0. The molecule has 2 aromatic rings. The van der Waals surface area contributed by atoms with E-state index in [-0.39, 0.29) is 17.4 Å². The third kappa shape index (κ3) is 2.13. The normalized spacial score (nSPS) is 23.0. The van der Waals surface area contributed by atoms with Crippen LogP contribution in [0, 0.1) is 5.92 Å². The van der Waals surface area contributed by atoms with Crippen molar-refractivity contribution in [1.82, 2.24) is 14.5 Å². The average molecular weight is 295 g/mol. The highest BCUT2D eigenvalue weighted by Gasteiger charge is 2.36. The Labute approximate surface area is 128 Å². The molecule has 22 heavy (non-hydrogen) atoms. The zero-order valence-electron chi connectivity index (χ0n) is 12.2. The fourth-order valence-corrected chi connectivity index (χ4v) is 3.74. The van der Waals surface area contributed by atoms with Crippen LogP contribution in [-0.2, 0) is 6.54 Å². The predicted molar refractivity (Wildman–Crippen MR) is 81.7 cm³/mol. The van der Waals surface area contributed by atoms with Crippen molar-refractivity contribution in [1.29, 1.82) is 0 Å². The molecule has 0 spiro atoms. The summed E-state index contributed by atoms with van der Waals surface area (Å²) in [5.74, 6) is 0.674. The number of aromatic nitrogens is 2. The van der Waals surface area contributed by atoms with Gasteiger partial charge in [-0.2, -0.15) is 0 Å². The van der Waals surface area contributed by atoms with Gasteiger partial charge in [0, 0.05) is 55.3 Å². The molecule has 2 aliphatic heterocycles. The number of carbonyl (C=O) groups is 1. The number of likely N-dealkylation sites (tertiary alicyclic amines) is 1. The highest BCUT2D eigenvalue weighted by molar-refractivity contribution is 5.94. The molecule has 4 heterocycles. The van der Waals surface area contributed by atoms with E-state index in [0.29, 0.717) is 24.6 Å². The number of amides is 1. The minimum atomic E-state index is 0.0591. The smallest absolute Gasteiger partial charge is 0.253 e. The van der Waals surface area contributed by atoms with Gasteiger partial charge in [-0.05, 0) is 30.5 Å². The number of nitrogens with zero attached hydrogens (tertiary/aromatic N) is 3. The molecule has 2 aliphatic rings. The molecule has 1 saturated heterocycles. The molecule has 0 aromatic carbocycles. The summed E-state index contributed by atoms with van der Waals surface area (Å²) in [6.07, 6.45) is 4.35. The number of piperidine rings is 1. The van der Waals surface area contributed by atoms with Gasteiger partial charge in [0.25, 0.3) is 11.5 Å². The molecular weight excluding hydrogens is 278 g/mol. The van der Waals surface area contributed by atoms with Gasteiger partial charge >= 0.3 is 0 Å². The Kier molecular flexibility index (Phi) is 3.06. The molecule has 5 heteroatoms. The van der Waals surface area contributed by atoms with Crippen LogP contribution in [0.5, 0.6) is 0 Å². The van der Waals surface area contributed by atoms with E-state index in [1.54, 1.807) is 30.6 Å². The second-order valence-corrected chi connectivity index (χ2v) is 6.14. The van der Waals surface area contributed by atoms with Gasteiger partial charge in [0.1, 0.15) is 0 Å². The van der Waals surface area contributed by atoms with Crippen LogP contribution in [0.3, 0.4) is 0 Å². The molecule has 0 unspecified atom stereocenters. The van der Waals surface area contributed by atoms with E-state index in [1.165, 1.54) is 0 Å². The van der Waals surface area contributed by atoms with Crippen LogP contribution in [0.2, 0.25) is 0 Å². The number of hydrogen-bond acceptors (Lipinski definition) is 3. The van der Waals surface area contributed by atoms with Gasteiger partial charge in [-0.25, -0.2) is 0 Å². The van der Waals surface area contributed by atoms with Gasteiger partial charge in [0.05, 0.1) is 0 Å². The minimum absolute atomic E-state index is 0.0591. The molecule has 0 aliphatic carbocycles. The van der Waals surface area contributed by atoms with Gasteiger partial charge in [-0.3, -0.25) is 14.6 Å². The maximum absolute atomic E-state index is 12.6. The van der Waals surface area contributed by atoms with Crippen LogP contribution in [-0.4, -0.2) is 33.4 Å². The first-order valence-electron chi connectivity index (χ1n) is 7.61. The van der Waals surface area contributed by atoms with Crippen molar-refractivity contribution in [3.8, 4) is 0 Å². The molecule has 1 fully saturated rings. The van der Waals surface area contributed by atoms with E-state index in [1.807, 2.05) is 21.6 Å². The second kappa shape index (κ2) is 5.09. The van der Waals surface area contributed by atoms with Gasteiger partial charge < -0.3 is 9.47 Å². The van der Waals surface area contributed by atoms with Crippen LogP contribution in [0.25, 0.3) is 0 Å². The summed E-state index contributed by atoms with van der Waals surface area (Å²) in [6, 6.07) is 8.96. The Morgan fingerprint density at radius 1 is 1.09 bits per heavy atom. The van der Waals surface area contributed by atoms with Crippen molar-refractivity contribution in [2.75, 3.05) is 13.1 Å². The highest BCUT2D eigenvalue weighted by atomic mass is 16.2. The van der Waals surface area contributed by atoms with Crippen molar-refractivity contribution in [3.63, 3.8) is 0 Å². The number of carbonyl (C=O) groups excluding carboxylic acids is 1. The molecule has 5 nitrogen and oxygen atoms in total. The summed E-state index contributed by atoms with van der Waals surface area (Å²) < 4.78 is 1.88. The lowest BCUT2D eigenvalue weighted by Gasteiger charge is -2.42. The van der Waals surface area contributed by atoms with Gasteiger partial charge in [0.15, 0.2) is 0 Å². The summed E-state index contributed by atoms with van der Waals surface area (Å²) in [5.41, 5.74) is 1.82. The molecule has 2 aromatic heterocycles. The first kappa shape index (κ1) is 13.2. The lowest BCUT2D eigenvalue weighted by atomic mass is 9.83. The quantitative estimate of drug-likeness (QED) is 0.801. The van der Waals surface area contributed by atoms with Gasteiger partial charge in [0.2, 0.25) is 0 Å². The molecule has 1 amide bonds. The first-order valence-corrected chi connectivity index (χ1v) is 7.61. The SMILES string of the molecule is O=C(c1ccncc1)N1C[C@H]2C[C@@H](C1)c1cccc(=O)n1C2. The highest BCUT2D eigenvalue weighted by Crippen LogP contribution is 2.35. The Morgan fingerprint density at radius 2 is 1.91 bits per heavy atom. The number of rotatable bonds is 1. The largest absolute Gasteiger partial charge is 0.338 e. The van der Waals surface area contributed by atoms with E-state index in [0.717, 1.165) is 18.7 Å². The van der Waals surface area contributed by atoms with Crippen LogP contribution in [0.1, 0.15) is 28.4 Å². The Bertz CT molecular complexity index is 769. The molecule has 0 radical (unpaired) electrons. The Morgan fingerprint density at radius 3 is 2.73 bits per heavy atom. The number of fused-ring (bicyclic) bond motifs is 4. The van der Waals surface area contributed by atoms with E-state index < -0.39 is 0 Å².